The Labute approximate surface area is 306 Å². The van der Waals surface area contributed by atoms with Crippen molar-refractivity contribution in [1.82, 2.24) is 15.6 Å². The van der Waals surface area contributed by atoms with Gasteiger partial charge in [-0.15, -0.1) is 0 Å². The lowest BCUT2D eigenvalue weighted by atomic mass is 9.60. The number of nitrogens with one attached hydrogen (secondary N) is 2. The van der Waals surface area contributed by atoms with E-state index in [4.69, 9.17) is 18.6 Å². The van der Waals surface area contributed by atoms with Crippen molar-refractivity contribution in [3.63, 3.8) is 0 Å². The number of hydrogen-bond donors (Lipinski definition) is 5. The van der Waals surface area contributed by atoms with Gasteiger partial charge < -0.3 is 44.6 Å². The lowest BCUT2D eigenvalue weighted by molar-refractivity contribution is -0.277. The molecule has 2 aliphatic rings. The Balaban J connectivity index is 1.54. The van der Waals surface area contributed by atoms with E-state index in [0.29, 0.717) is 17.9 Å². The number of allylic oxidation sites excluding steroid dienone is 7. The van der Waals surface area contributed by atoms with Crippen LogP contribution in [0.1, 0.15) is 52.7 Å². The molecule has 1 saturated heterocycles. The van der Waals surface area contributed by atoms with Gasteiger partial charge in [0.25, 0.3) is 0 Å². The molecule has 1 aliphatic carbocycles. The number of oxazole rings is 1. The molecule has 13 nitrogen and oxygen atoms in total. The second-order valence-electron chi connectivity index (χ2n) is 14.2. The van der Waals surface area contributed by atoms with Crippen LogP contribution in [0.25, 0.3) is 0 Å². The molecule has 1 amide bonds. The molecule has 1 spiro atoms. The SMILES string of the molecule is CNC1C(=O)C(C)C(O)(C(CC(C)C(O)/C=C/C=C/CNC(=O)C(C)(C)C(O)\C(C)=C/C=C\C=C\Cc2cnc(C)o2)OC)C12C(=O)OC2COC. The zero-order valence-electron chi connectivity index (χ0n) is 31.8. The summed E-state index contributed by atoms with van der Waals surface area (Å²) < 4.78 is 21.8. The van der Waals surface area contributed by atoms with Crippen LogP contribution in [-0.2, 0) is 35.0 Å². The first-order chi connectivity index (χ1) is 24.5. The minimum atomic E-state index is -1.93. The zero-order valence-corrected chi connectivity index (χ0v) is 31.8. The number of cyclic esters (lactones) is 1. The average molecular weight is 728 g/mol. The number of ether oxygens (including phenoxy) is 3. The number of nitrogens with zero attached hydrogens (tertiary/aromatic N) is 1. The second kappa shape index (κ2) is 18.4. The molecule has 9 unspecified atom stereocenters. The first kappa shape index (κ1) is 42.7. The van der Waals surface area contributed by atoms with E-state index in [9.17, 15) is 29.7 Å². The molecule has 0 aromatic carbocycles. The molecule has 1 aliphatic heterocycles. The summed E-state index contributed by atoms with van der Waals surface area (Å²) in [5, 5.41) is 39.9. The van der Waals surface area contributed by atoms with Crippen LogP contribution in [-0.4, -0.2) is 108 Å². The van der Waals surface area contributed by atoms with Crippen LogP contribution in [0.5, 0.6) is 0 Å². The van der Waals surface area contributed by atoms with Crippen molar-refractivity contribution >= 4 is 17.7 Å². The molecular weight excluding hydrogens is 670 g/mol. The quantitative estimate of drug-likeness (QED) is 0.104. The first-order valence-electron chi connectivity index (χ1n) is 17.6. The third-order valence-corrected chi connectivity index (χ3v) is 10.5. The van der Waals surface area contributed by atoms with Crippen LogP contribution >= 0.6 is 0 Å². The van der Waals surface area contributed by atoms with E-state index < -0.39 is 64.7 Å². The van der Waals surface area contributed by atoms with Crippen LogP contribution in [0.4, 0.5) is 0 Å². The monoisotopic (exact) mass is 727 g/mol. The summed E-state index contributed by atoms with van der Waals surface area (Å²) in [6.45, 7) is 10.5. The maximum absolute atomic E-state index is 13.3. The molecule has 0 bridgehead atoms. The summed E-state index contributed by atoms with van der Waals surface area (Å²) in [6.07, 6.45) is 14.4. The van der Waals surface area contributed by atoms with Crippen molar-refractivity contribution in [2.75, 3.05) is 34.4 Å². The largest absolute Gasteiger partial charge is 0.458 e. The second-order valence-corrected chi connectivity index (χ2v) is 14.2. The predicted octanol–water partition coefficient (Wildman–Crippen LogP) is 2.70. The fourth-order valence-electron chi connectivity index (χ4n) is 7.28. The highest BCUT2D eigenvalue weighted by atomic mass is 16.6. The van der Waals surface area contributed by atoms with Crippen LogP contribution < -0.4 is 10.6 Å². The number of ketones is 1. The maximum atomic E-state index is 13.3. The number of hydrogen-bond acceptors (Lipinski definition) is 12. The molecule has 2 heterocycles. The van der Waals surface area contributed by atoms with Gasteiger partial charge in [-0.25, -0.2) is 4.98 Å². The van der Waals surface area contributed by atoms with Crippen molar-refractivity contribution in [2.24, 2.45) is 22.7 Å². The first-order valence-corrected chi connectivity index (χ1v) is 17.6. The molecule has 3 rings (SSSR count). The number of methoxy groups -OCH3 is 2. The minimum Gasteiger partial charge on any atom is -0.458 e. The molecule has 52 heavy (non-hydrogen) atoms. The lowest BCUT2D eigenvalue weighted by Crippen LogP contribution is -2.77. The predicted molar refractivity (Wildman–Crippen MR) is 195 cm³/mol. The van der Waals surface area contributed by atoms with Gasteiger partial charge in [0.05, 0.1) is 42.6 Å². The minimum absolute atomic E-state index is 0.00616. The topological polar surface area (TPSA) is 190 Å². The van der Waals surface area contributed by atoms with E-state index in [0.717, 1.165) is 5.76 Å². The zero-order chi connectivity index (χ0) is 38.9. The highest BCUT2D eigenvalue weighted by Gasteiger charge is 2.82. The standard InChI is InChI=1S/C39H57N3O10/c1-24(17-13-10-11-14-18-28-22-42-27(4)51-28)34(45)37(5,6)35(46)41-20-16-12-15-19-29(43)25(2)21-30(50-9)39(48)26(3)32(44)33(40-7)38(39)31(23-49-8)52-36(38)47/h10-17,19,22,25-26,29-31,33-34,40,43,45,48H,18,20-21,23H2,1-9H3,(H,41,46)/b13-10-,14-11+,16-12+,19-15+,24-17-. The molecule has 1 aromatic heterocycles. The van der Waals surface area contributed by atoms with Crippen molar-refractivity contribution in [3.05, 3.63) is 78.1 Å². The average Bonchev–Trinajstić information content (AvgIpc) is 3.61. The van der Waals surface area contributed by atoms with Crippen molar-refractivity contribution in [3.8, 4) is 0 Å². The van der Waals surface area contributed by atoms with Gasteiger partial charge in [-0.1, -0.05) is 68.5 Å². The van der Waals surface area contributed by atoms with Crippen LogP contribution in [0, 0.1) is 29.6 Å². The highest BCUT2D eigenvalue weighted by Crippen LogP contribution is 2.59. The number of rotatable bonds is 19. The van der Waals surface area contributed by atoms with Gasteiger partial charge in [0.1, 0.15) is 17.5 Å². The Kier molecular flexibility index (Phi) is 15.1. The van der Waals surface area contributed by atoms with E-state index in [-0.39, 0.29) is 31.3 Å². The number of Topliss-reactive ketones (excluding diaryl/α,β-unsaturated/α-hetero) is 1. The third-order valence-electron chi connectivity index (χ3n) is 10.5. The molecule has 288 valence electrons. The van der Waals surface area contributed by atoms with E-state index in [2.05, 4.69) is 15.6 Å². The molecule has 0 radical (unpaired) electrons. The summed E-state index contributed by atoms with van der Waals surface area (Å²) >= 11 is 0. The van der Waals surface area contributed by atoms with Gasteiger partial charge in [-0.2, -0.15) is 0 Å². The molecule has 9 atom stereocenters. The number of likely N-dealkylation sites (N-methyl/N-ethyl adjacent to an activating group) is 1. The van der Waals surface area contributed by atoms with Crippen LogP contribution in [0.3, 0.4) is 0 Å². The summed E-state index contributed by atoms with van der Waals surface area (Å²) in [4.78, 5) is 43.5. The van der Waals surface area contributed by atoms with E-state index in [1.807, 2.05) is 18.2 Å². The fourth-order valence-corrected chi connectivity index (χ4v) is 7.28. The van der Waals surface area contributed by atoms with Crippen molar-refractivity contribution in [1.29, 1.82) is 0 Å². The summed E-state index contributed by atoms with van der Waals surface area (Å²) in [6, 6.07) is -0.997. The molecule has 1 saturated carbocycles. The molecule has 1 aromatic rings. The number of carbonyl (C=O) groups excluding carboxylic acids is 3. The van der Waals surface area contributed by atoms with Crippen molar-refractivity contribution in [2.45, 2.75) is 90.4 Å². The molecule has 5 N–H and O–H groups in total. The molecular formula is C39H57N3O10. The lowest BCUT2D eigenvalue weighted by Gasteiger charge is -2.56. The van der Waals surface area contributed by atoms with E-state index >= 15 is 0 Å². The van der Waals surface area contributed by atoms with Gasteiger partial charge in [0, 0.05) is 40.0 Å². The Bertz CT molecular complexity index is 1540. The summed E-state index contributed by atoms with van der Waals surface area (Å²) in [5.74, 6) is -1.36. The number of amides is 1. The summed E-state index contributed by atoms with van der Waals surface area (Å²) in [5.41, 5.74) is -4.01. The van der Waals surface area contributed by atoms with Crippen LogP contribution in [0.2, 0.25) is 0 Å². The summed E-state index contributed by atoms with van der Waals surface area (Å²) in [7, 11) is 4.41. The number of aliphatic hydroxyl groups is 3. The van der Waals surface area contributed by atoms with Gasteiger partial charge >= 0.3 is 5.97 Å². The highest BCUT2D eigenvalue weighted by molar-refractivity contribution is 6.02. The van der Waals surface area contributed by atoms with E-state index in [1.165, 1.54) is 14.2 Å². The maximum Gasteiger partial charge on any atom is 0.321 e. The third kappa shape index (κ3) is 8.56. The Morgan fingerprint density at radius 3 is 2.42 bits per heavy atom. The number of aliphatic hydroxyl groups excluding tert-OH is 2. The number of carbonyl (C=O) groups is 3. The normalized spacial score (nSPS) is 27.9. The Morgan fingerprint density at radius 2 is 1.83 bits per heavy atom. The Morgan fingerprint density at radius 1 is 1.13 bits per heavy atom. The fraction of sp³-hybridized carbons (Fsp3) is 0.590. The molecule has 2 fully saturated rings. The number of esters is 1. The van der Waals surface area contributed by atoms with Crippen LogP contribution in [0.15, 0.2) is 70.9 Å². The van der Waals surface area contributed by atoms with Gasteiger partial charge in [-0.3, -0.25) is 14.4 Å². The number of aromatic nitrogens is 1. The van der Waals surface area contributed by atoms with Gasteiger partial charge in [0.15, 0.2) is 17.1 Å². The van der Waals surface area contributed by atoms with E-state index in [1.54, 1.807) is 91.2 Å². The van der Waals surface area contributed by atoms with Gasteiger partial charge in [-0.05, 0) is 45.7 Å². The smallest absolute Gasteiger partial charge is 0.321 e. The molecule has 13 heteroatoms. The van der Waals surface area contributed by atoms with Crippen molar-refractivity contribution < 1.29 is 48.3 Å². The Hall–Kier alpha value is -3.72. The van der Waals surface area contributed by atoms with Gasteiger partial charge in [0.2, 0.25) is 5.91 Å². The number of aryl methyl sites for hydroxylation is 1.